The van der Waals surface area contributed by atoms with Crippen LogP contribution in [0.15, 0.2) is 152 Å². The Balaban J connectivity index is 1.12. The Morgan fingerprint density at radius 1 is 0.431 bits per heavy atom. The summed E-state index contributed by atoms with van der Waals surface area (Å²) >= 11 is 1.73. The van der Waals surface area contributed by atoms with E-state index in [2.05, 4.69) is 152 Å². The molecule has 3 nitrogen and oxygen atoms in total. The lowest BCUT2D eigenvalue weighted by Crippen LogP contribution is -2.05. The molecule has 0 saturated heterocycles. The van der Waals surface area contributed by atoms with Crippen LogP contribution in [0.4, 0.5) is 0 Å². The van der Waals surface area contributed by atoms with E-state index < -0.39 is 0 Å². The summed E-state index contributed by atoms with van der Waals surface area (Å²) in [6.45, 7) is 0. The molecule has 0 aliphatic heterocycles. The van der Waals surface area contributed by atoms with E-state index in [4.69, 9.17) is 15.0 Å². The molecule has 0 atom stereocenters. The van der Waals surface area contributed by atoms with Crippen LogP contribution in [0.3, 0.4) is 0 Å². The topological polar surface area (TPSA) is 38.7 Å². The highest BCUT2D eigenvalue weighted by Crippen LogP contribution is 2.38. The third kappa shape index (κ3) is 6.40. The molecule has 6 aromatic rings. The van der Waals surface area contributed by atoms with E-state index in [1.807, 2.05) is 0 Å². The Morgan fingerprint density at radius 2 is 1.06 bits per heavy atom. The molecule has 0 spiro atoms. The zero-order valence-corrected chi connectivity index (χ0v) is 29.2. The van der Waals surface area contributed by atoms with Gasteiger partial charge in [-0.05, 0) is 107 Å². The van der Waals surface area contributed by atoms with Crippen molar-refractivity contribution in [2.45, 2.75) is 38.5 Å². The average Bonchev–Trinajstić information content (AvgIpc) is 3.66. The molecule has 0 amide bonds. The first kappa shape index (κ1) is 31.3. The molecule has 0 bridgehead atoms. The van der Waals surface area contributed by atoms with Crippen LogP contribution in [0.1, 0.15) is 61.0 Å². The molecular formula is C47H37N3S. The SMILES string of the molecule is C1=CC(c2ccc(-c3ccc(-c4nc(C5=CCCC=C5c5ccccc5)nc(-c5cc6ccccc6s5)n4)cc3)cc2C2=CCCC=C2)=CCC1. The quantitative estimate of drug-likeness (QED) is 0.169. The van der Waals surface area contributed by atoms with E-state index in [1.54, 1.807) is 11.3 Å². The summed E-state index contributed by atoms with van der Waals surface area (Å²) in [7, 11) is 0. The van der Waals surface area contributed by atoms with E-state index >= 15 is 0 Å². The van der Waals surface area contributed by atoms with Gasteiger partial charge in [0, 0.05) is 15.8 Å². The maximum atomic E-state index is 5.17. The molecule has 0 saturated carbocycles. The molecule has 2 aromatic heterocycles. The van der Waals surface area contributed by atoms with Crippen LogP contribution in [0.2, 0.25) is 0 Å². The molecule has 4 aromatic carbocycles. The monoisotopic (exact) mass is 675 g/mol. The van der Waals surface area contributed by atoms with Gasteiger partial charge in [-0.25, -0.2) is 15.0 Å². The van der Waals surface area contributed by atoms with E-state index in [0.717, 1.165) is 54.5 Å². The van der Waals surface area contributed by atoms with Crippen LogP contribution in [-0.4, -0.2) is 15.0 Å². The zero-order valence-electron chi connectivity index (χ0n) is 28.4. The first-order valence-electron chi connectivity index (χ1n) is 18.0. The van der Waals surface area contributed by atoms with Crippen LogP contribution < -0.4 is 0 Å². The molecule has 0 N–H and O–H groups in total. The van der Waals surface area contributed by atoms with Crippen molar-refractivity contribution in [3.05, 3.63) is 174 Å². The van der Waals surface area contributed by atoms with Gasteiger partial charge in [0.05, 0.1) is 4.88 Å². The predicted octanol–water partition coefficient (Wildman–Crippen LogP) is 12.8. The predicted molar refractivity (Wildman–Crippen MR) is 216 cm³/mol. The molecule has 246 valence electrons. The highest BCUT2D eigenvalue weighted by molar-refractivity contribution is 7.22. The number of rotatable bonds is 7. The molecule has 3 aliphatic rings. The van der Waals surface area contributed by atoms with Gasteiger partial charge in [-0.1, -0.05) is 134 Å². The molecule has 0 radical (unpaired) electrons. The number of thiophene rings is 1. The third-order valence-electron chi connectivity index (χ3n) is 9.87. The van der Waals surface area contributed by atoms with Crippen molar-refractivity contribution < 1.29 is 0 Å². The molecule has 0 unspecified atom stereocenters. The van der Waals surface area contributed by atoms with Gasteiger partial charge in [-0.2, -0.15) is 0 Å². The van der Waals surface area contributed by atoms with Gasteiger partial charge in [0.2, 0.25) is 0 Å². The van der Waals surface area contributed by atoms with Crippen molar-refractivity contribution in [3.63, 3.8) is 0 Å². The fraction of sp³-hybridized carbons (Fsp3) is 0.128. The fourth-order valence-electron chi connectivity index (χ4n) is 7.26. The van der Waals surface area contributed by atoms with Crippen molar-refractivity contribution in [1.82, 2.24) is 15.0 Å². The highest BCUT2D eigenvalue weighted by atomic mass is 32.1. The summed E-state index contributed by atoms with van der Waals surface area (Å²) in [6, 6.07) is 36.9. The summed E-state index contributed by atoms with van der Waals surface area (Å²) in [5, 5.41) is 1.20. The van der Waals surface area contributed by atoms with Crippen LogP contribution in [0.25, 0.3) is 65.6 Å². The van der Waals surface area contributed by atoms with Crippen molar-refractivity contribution in [1.29, 1.82) is 0 Å². The van der Waals surface area contributed by atoms with Gasteiger partial charge in [-0.15, -0.1) is 11.3 Å². The van der Waals surface area contributed by atoms with Crippen LogP contribution in [0.5, 0.6) is 0 Å². The Bertz CT molecular complexity index is 2420. The maximum Gasteiger partial charge on any atom is 0.174 e. The largest absolute Gasteiger partial charge is 0.208 e. The molecule has 51 heavy (non-hydrogen) atoms. The first-order valence-corrected chi connectivity index (χ1v) is 18.8. The second kappa shape index (κ2) is 13.9. The van der Waals surface area contributed by atoms with E-state index in [9.17, 15) is 0 Å². The van der Waals surface area contributed by atoms with E-state index in [-0.39, 0.29) is 0 Å². The maximum absolute atomic E-state index is 5.17. The number of fused-ring (bicyclic) bond motifs is 1. The van der Waals surface area contributed by atoms with Crippen LogP contribution >= 0.6 is 11.3 Å². The summed E-state index contributed by atoms with van der Waals surface area (Å²) in [6.07, 6.45) is 24.9. The fourth-order valence-corrected chi connectivity index (χ4v) is 8.26. The lowest BCUT2D eigenvalue weighted by molar-refractivity contribution is 1.01. The van der Waals surface area contributed by atoms with Crippen molar-refractivity contribution in [3.8, 4) is 33.2 Å². The normalized spacial score (nSPS) is 15.7. The Hall–Kier alpha value is -5.71. The second-order valence-electron chi connectivity index (χ2n) is 13.2. The molecule has 0 fully saturated rings. The molecule has 4 heteroatoms. The van der Waals surface area contributed by atoms with Crippen molar-refractivity contribution in [2.24, 2.45) is 0 Å². The minimum atomic E-state index is 0.683. The molecule has 3 aliphatic carbocycles. The summed E-state index contributed by atoms with van der Waals surface area (Å²) < 4.78 is 1.22. The number of nitrogens with zero attached hydrogens (tertiary/aromatic N) is 3. The van der Waals surface area contributed by atoms with Crippen molar-refractivity contribution in [2.75, 3.05) is 0 Å². The van der Waals surface area contributed by atoms with Gasteiger partial charge in [0.1, 0.15) is 0 Å². The van der Waals surface area contributed by atoms with Gasteiger partial charge in [-0.3, -0.25) is 0 Å². The summed E-state index contributed by atoms with van der Waals surface area (Å²) in [4.78, 5) is 16.5. The summed E-state index contributed by atoms with van der Waals surface area (Å²) in [5.74, 6) is 2.10. The minimum absolute atomic E-state index is 0.683. The number of aromatic nitrogens is 3. The number of hydrogen-bond donors (Lipinski definition) is 0. The zero-order chi connectivity index (χ0) is 34.0. The lowest BCUT2D eigenvalue weighted by atomic mass is 9.87. The van der Waals surface area contributed by atoms with Crippen LogP contribution in [-0.2, 0) is 0 Å². The van der Waals surface area contributed by atoms with Gasteiger partial charge in [0.15, 0.2) is 17.5 Å². The van der Waals surface area contributed by atoms with Gasteiger partial charge >= 0.3 is 0 Å². The second-order valence-corrected chi connectivity index (χ2v) is 14.3. The number of benzene rings is 4. The molecular weight excluding hydrogens is 639 g/mol. The Kier molecular flexibility index (Phi) is 8.52. The molecule has 9 rings (SSSR count). The smallest absolute Gasteiger partial charge is 0.174 e. The highest BCUT2D eigenvalue weighted by Gasteiger charge is 2.20. The minimum Gasteiger partial charge on any atom is -0.208 e. The number of allylic oxidation sites excluding steroid dienone is 12. The van der Waals surface area contributed by atoms with Gasteiger partial charge in [0.25, 0.3) is 0 Å². The van der Waals surface area contributed by atoms with E-state index in [0.29, 0.717) is 17.5 Å². The van der Waals surface area contributed by atoms with Crippen molar-refractivity contribution >= 4 is 43.7 Å². The standard InChI is InChI=1S/C47H37N3S/c1-4-14-33(15-5-1)39-21-11-12-22-41(39)46-48-45(49-47(50-46)44-31-38-20-10-13-23-43(38)51-44)36-26-24-32(25-27-36)37-28-29-40(34-16-6-2-7-17-34)42(30-37)35-18-8-3-9-19-35/h1,4-6,8,10,13-31H,2-3,7,9,11-12H2. The van der Waals surface area contributed by atoms with E-state index in [1.165, 1.54) is 54.6 Å². The Labute approximate surface area is 303 Å². The third-order valence-corrected chi connectivity index (χ3v) is 11.0. The molecule has 2 heterocycles. The van der Waals surface area contributed by atoms with Gasteiger partial charge < -0.3 is 0 Å². The Morgan fingerprint density at radius 3 is 1.80 bits per heavy atom. The number of hydrogen-bond acceptors (Lipinski definition) is 4. The summed E-state index contributed by atoms with van der Waals surface area (Å²) in [5.41, 5.74) is 12.0. The average molecular weight is 676 g/mol. The van der Waals surface area contributed by atoms with Crippen LogP contribution in [0, 0.1) is 0 Å². The first-order chi connectivity index (χ1) is 25.3. The lowest BCUT2D eigenvalue weighted by Gasteiger charge is -2.18.